The predicted octanol–water partition coefficient (Wildman–Crippen LogP) is 7.47. The molecule has 1 amide bonds. The molecule has 3 N–H and O–H groups in total. The summed E-state index contributed by atoms with van der Waals surface area (Å²) in [6, 6.07) is 23.6. The number of rotatable bonds is 9. The smallest absolute Gasteiger partial charge is 0.223 e. The second-order valence-corrected chi connectivity index (χ2v) is 11.6. The first-order valence-electron chi connectivity index (χ1n) is 15.4. The van der Waals surface area contributed by atoms with E-state index in [0.29, 0.717) is 19.1 Å². The van der Waals surface area contributed by atoms with Crippen molar-refractivity contribution in [3.63, 3.8) is 0 Å². The topological polar surface area (TPSA) is 64.3 Å². The van der Waals surface area contributed by atoms with Gasteiger partial charge in [0.15, 0.2) is 0 Å². The summed E-state index contributed by atoms with van der Waals surface area (Å²) >= 11 is 0. The van der Waals surface area contributed by atoms with E-state index in [0.717, 1.165) is 50.6 Å². The van der Waals surface area contributed by atoms with Crippen LogP contribution in [0.4, 0.5) is 4.39 Å². The van der Waals surface area contributed by atoms with Crippen LogP contribution < -0.4 is 11.1 Å². The summed E-state index contributed by atoms with van der Waals surface area (Å²) in [5.41, 5.74) is 13.3. The van der Waals surface area contributed by atoms with E-state index in [2.05, 4.69) is 78.2 Å². The molecule has 1 atom stereocenters. The Hall–Kier alpha value is -4.14. The number of ether oxygens (including phenoxy) is 1. The fourth-order valence-corrected chi connectivity index (χ4v) is 6.67. The molecule has 3 aromatic rings. The third kappa shape index (κ3) is 7.45. The number of hydrogen-bond donors (Lipinski definition) is 2. The standard InChI is InChI=1S/C22H29FN2O.C16H12O/c23-20-11-9-18(10-12-20)21(17-3-1-2-4-17)13-14-25-22(26)19-7-5-16(15-24)6-8-19;1-2-17-11-16-14-9-5-3-7-12(14)13-8-4-6-10-15(13)16/h1,3-4,9-12,16,19,21H,2,5-8,13-15,24H2,(H,25,26);1,3-10,16H,11H2. The minimum absolute atomic E-state index is 0.132. The number of halogens is 1. The monoisotopic (exact) mass is 576 g/mol. The highest BCUT2D eigenvalue weighted by atomic mass is 19.1. The Bertz CT molecular complexity index is 1430. The zero-order valence-electron chi connectivity index (χ0n) is 24.7. The van der Waals surface area contributed by atoms with E-state index >= 15 is 0 Å². The van der Waals surface area contributed by atoms with Crippen molar-refractivity contribution in [2.24, 2.45) is 17.6 Å². The van der Waals surface area contributed by atoms with Crippen molar-refractivity contribution >= 4 is 5.91 Å². The fraction of sp³-hybridized carbons (Fsp3) is 0.342. The molecule has 1 saturated carbocycles. The van der Waals surface area contributed by atoms with Crippen LogP contribution in [0.1, 0.15) is 67.1 Å². The lowest BCUT2D eigenvalue weighted by Gasteiger charge is -2.27. The number of nitrogens with two attached hydrogens (primary N) is 1. The van der Waals surface area contributed by atoms with E-state index in [-0.39, 0.29) is 29.5 Å². The number of benzene rings is 3. The second-order valence-electron chi connectivity index (χ2n) is 11.6. The normalized spacial score (nSPS) is 19.2. The van der Waals surface area contributed by atoms with Crippen molar-refractivity contribution in [3.8, 4) is 23.7 Å². The van der Waals surface area contributed by atoms with Gasteiger partial charge in [0.2, 0.25) is 5.91 Å². The number of allylic oxidation sites excluding steroid dienone is 4. The van der Waals surface area contributed by atoms with Gasteiger partial charge in [-0.3, -0.25) is 4.79 Å². The van der Waals surface area contributed by atoms with Gasteiger partial charge in [-0.25, -0.2) is 4.39 Å². The maximum Gasteiger partial charge on any atom is 0.223 e. The van der Waals surface area contributed by atoms with Crippen LogP contribution >= 0.6 is 0 Å². The first kappa shape index (κ1) is 30.3. The molecule has 0 radical (unpaired) electrons. The molecule has 4 nitrogen and oxygen atoms in total. The summed E-state index contributed by atoms with van der Waals surface area (Å²) in [5, 5.41) is 3.12. The van der Waals surface area contributed by atoms with Crippen LogP contribution in [0, 0.1) is 30.2 Å². The molecule has 5 heteroatoms. The first-order valence-corrected chi connectivity index (χ1v) is 15.4. The van der Waals surface area contributed by atoms with E-state index in [1.807, 2.05) is 12.1 Å². The molecule has 43 heavy (non-hydrogen) atoms. The molecule has 3 aliphatic carbocycles. The van der Waals surface area contributed by atoms with Gasteiger partial charge in [-0.15, -0.1) is 0 Å². The summed E-state index contributed by atoms with van der Waals surface area (Å²) in [5.74, 6) is 1.14. The molecule has 0 spiro atoms. The molecule has 0 aliphatic heterocycles. The summed E-state index contributed by atoms with van der Waals surface area (Å²) in [6.45, 7) is 1.92. The molecular formula is C38H41FN2O2. The van der Waals surface area contributed by atoms with Crippen LogP contribution in [-0.4, -0.2) is 25.6 Å². The Morgan fingerprint density at radius 1 is 0.977 bits per heavy atom. The Morgan fingerprint density at radius 2 is 1.63 bits per heavy atom. The summed E-state index contributed by atoms with van der Waals surface area (Å²) in [4.78, 5) is 12.5. The van der Waals surface area contributed by atoms with Gasteiger partial charge in [0.1, 0.15) is 18.5 Å². The largest absolute Gasteiger partial charge is 0.446 e. The lowest BCUT2D eigenvalue weighted by molar-refractivity contribution is -0.126. The molecule has 1 unspecified atom stereocenters. The molecule has 0 heterocycles. The molecule has 3 aliphatic rings. The van der Waals surface area contributed by atoms with Crippen LogP contribution in [-0.2, 0) is 9.53 Å². The van der Waals surface area contributed by atoms with Crippen molar-refractivity contribution in [2.75, 3.05) is 19.7 Å². The number of terminal acetylenes is 1. The third-order valence-corrected chi connectivity index (χ3v) is 9.05. The molecule has 6 rings (SSSR count). The van der Waals surface area contributed by atoms with Gasteiger partial charge in [0.25, 0.3) is 0 Å². The number of hydrogen-bond acceptors (Lipinski definition) is 3. The van der Waals surface area contributed by atoms with Gasteiger partial charge >= 0.3 is 0 Å². The molecule has 222 valence electrons. The second kappa shape index (κ2) is 14.8. The quantitative estimate of drug-likeness (QED) is 0.260. The van der Waals surface area contributed by atoms with E-state index in [4.69, 9.17) is 16.9 Å². The zero-order chi connectivity index (χ0) is 30.0. The first-order chi connectivity index (χ1) is 21.1. The van der Waals surface area contributed by atoms with Gasteiger partial charge in [-0.2, -0.15) is 0 Å². The highest BCUT2D eigenvalue weighted by Gasteiger charge is 2.28. The van der Waals surface area contributed by atoms with Gasteiger partial charge in [-0.05, 0) is 96.5 Å². The summed E-state index contributed by atoms with van der Waals surface area (Å²) in [6.07, 6.45) is 19.7. The predicted molar refractivity (Wildman–Crippen MR) is 172 cm³/mol. The SMILES string of the molecule is C#COCC1c2ccccc2-c2ccccc21.NCC1CCC(C(=O)NCCC(C2=CCC=C2)c2ccc(F)cc2)CC1. The van der Waals surface area contributed by atoms with Crippen molar-refractivity contribution in [1.82, 2.24) is 5.32 Å². The fourth-order valence-electron chi connectivity index (χ4n) is 6.67. The van der Waals surface area contributed by atoms with Crippen LogP contribution in [0.15, 0.2) is 96.6 Å². The van der Waals surface area contributed by atoms with Gasteiger partial charge < -0.3 is 15.8 Å². The van der Waals surface area contributed by atoms with Crippen LogP contribution in [0.5, 0.6) is 0 Å². The molecule has 0 bridgehead atoms. The van der Waals surface area contributed by atoms with Crippen LogP contribution in [0.25, 0.3) is 11.1 Å². The van der Waals surface area contributed by atoms with Crippen LogP contribution in [0.2, 0.25) is 0 Å². The van der Waals surface area contributed by atoms with E-state index in [1.165, 1.54) is 40.0 Å². The maximum atomic E-state index is 13.3. The minimum Gasteiger partial charge on any atom is -0.446 e. The lowest BCUT2D eigenvalue weighted by Crippen LogP contribution is -2.35. The summed E-state index contributed by atoms with van der Waals surface area (Å²) < 4.78 is 18.4. The number of carbonyl (C=O) groups is 1. The van der Waals surface area contributed by atoms with Crippen molar-refractivity contribution in [1.29, 1.82) is 0 Å². The van der Waals surface area contributed by atoms with Crippen molar-refractivity contribution in [3.05, 3.63) is 119 Å². The number of nitrogens with one attached hydrogen (secondary N) is 1. The molecule has 3 aromatic carbocycles. The van der Waals surface area contributed by atoms with E-state index in [9.17, 15) is 9.18 Å². The van der Waals surface area contributed by atoms with Crippen molar-refractivity contribution in [2.45, 2.75) is 50.4 Å². The minimum atomic E-state index is -0.218. The molecular weight excluding hydrogens is 535 g/mol. The van der Waals surface area contributed by atoms with Crippen molar-refractivity contribution < 1.29 is 13.9 Å². The number of carbonyl (C=O) groups excluding carboxylic acids is 1. The van der Waals surface area contributed by atoms with Gasteiger partial charge in [0.05, 0.1) is 0 Å². The Kier molecular flexibility index (Phi) is 10.5. The number of fused-ring (bicyclic) bond motifs is 3. The Labute approximate surface area is 255 Å². The van der Waals surface area contributed by atoms with Gasteiger partial charge in [0, 0.05) is 24.3 Å². The molecule has 1 fully saturated rings. The Balaban J connectivity index is 0.000000186. The highest BCUT2D eigenvalue weighted by Crippen LogP contribution is 2.44. The number of amides is 1. The van der Waals surface area contributed by atoms with E-state index in [1.54, 1.807) is 0 Å². The molecule has 0 saturated heterocycles. The van der Waals surface area contributed by atoms with E-state index < -0.39 is 0 Å². The summed E-state index contributed by atoms with van der Waals surface area (Å²) in [7, 11) is 0. The Morgan fingerprint density at radius 3 is 2.21 bits per heavy atom. The maximum absolute atomic E-state index is 13.3. The average Bonchev–Trinajstić information content (AvgIpc) is 3.70. The zero-order valence-corrected chi connectivity index (χ0v) is 24.7. The average molecular weight is 577 g/mol. The highest BCUT2D eigenvalue weighted by molar-refractivity contribution is 5.79. The van der Waals surface area contributed by atoms with Gasteiger partial charge in [-0.1, -0.05) is 85.3 Å². The lowest BCUT2D eigenvalue weighted by atomic mass is 9.81. The molecule has 0 aromatic heterocycles. The van der Waals surface area contributed by atoms with Crippen LogP contribution in [0.3, 0.4) is 0 Å². The third-order valence-electron chi connectivity index (χ3n) is 9.05.